The lowest BCUT2D eigenvalue weighted by atomic mass is 10.1. The van der Waals surface area contributed by atoms with Crippen molar-refractivity contribution in [2.75, 3.05) is 11.6 Å². The van der Waals surface area contributed by atoms with E-state index < -0.39 is 5.97 Å². The lowest BCUT2D eigenvalue weighted by Crippen LogP contribution is -2.21. The summed E-state index contributed by atoms with van der Waals surface area (Å²) < 4.78 is 5.85. The summed E-state index contributed by atoms with van der Waals surface area (Å²) in [6.07, 6.45) is 1.65. The molecule has 1 heterocycles. The smallest absolute Gasteiger partial charge is 0.335 e. The van der Waals surface area contributed by atoms with Crippen LogP contribution < -0.4 is 9.75 Å². The molecule has 1 amide bonds. The van der Waals surface area contributed by atoms with Crippen LogP contribution in [0.1, 0.15) is 29.8 Å². The van der Waals surface area contributed by atoms with Crippen LogP contribution in [0.25, 0.3) is 6.08 Å². The standard InChI is InChI=1S/C20H17BrN2O5/c1-3-28-17-9-12(8-16(21)18(17)24)7-15-11(2)22-23(19(15)25)14-6-4-5-13(10-14)20(26)27/h4-10,24H,3H2,1-2H3,(H,26,27)/b15-7+. The highest BCUT2D eigenvalue weighted by atomic mass is 79.9. The zero-order valence-corrected chi connectivity index (χ0v) is 16.7. The van der Waals surface area contributed by atoms with Gasteiger partial charge in [-0.1, -0.05) is 6.07 Å². The minimum Gasteiger partial charge on any atom is -0.503 e. The Labute approximate surface area is 169 Å². The average molecular weight is 445 g/mol. The third kappa shape index (κ3) is 3.77. The van der Waals surface area contributed by atoms with Crippen LogP contribution in [0.2, 0.25) is 0 Å². The van der Waals surface area contributed by atoms with Gasteiger partial charge in [-0.05, 0) is 71.7 Å². The fraction of sp³-hybridized carbons (Fsp3) is 0.150. The molecule has 1 aliphatic rings. The van der Waals surface area contributed by atoms with E-state index in [0.29, 0.717) is 39.4 Å². The van der Waals surface area contributed by atoms with Gasteiger partial charge in [0.25, 0.3) is 5.91 Å². The van der Waals surface area contributed by atoms with E-state index in [4.69, 9.17) is 9.84 Å². The number of ether oxygens (including phenoxy) is 1. The SMILES string of the molecule is CCOc1cc(/C=C2/C(=O)N(c3cccc(C(=O)O)c3)N=C2C)cc(Br)c1O. The number of anilines is 1. The molecule has 2 N–H and O–H groups in total. The summed E-state index contributed by atoms with van der Waals surface area (Å²) in [5.74, 6) is -1.17. The molecule has 144 valence electrons. The minimum absolute atomic E-state index is 0.0146. The highest BCUT2D eigenvalue weighted by molar-refractivity contribution is 9.10. The van der Waals surface area contributed by atoms with Gasteiger partial charge in [-0.3, -0.25) is 4.79 Å². The van der Waals surface area contributed by atoms with E-state index in [1.807, 2.05) is 0 Å². The Hall–Kier alpha value is -3.13. The van der Waals surface area contributed by atoms with Crippen molar-refractivity contribution >= 4 is 45.3 Å². The molecule has 7 nitrogen and oxygen atoms in total. The van der Waals surface area contributed by atoms with Gasteiger partial charge in [-0.15, -0.1) is 0 Å². The highest BCUT2D eigenvalue weighted by Crippen LogP contribution is 2.36. The second kappa shape index (κ2) is 7.85. The van der Waals surface area contributed by atoms with Crippen LogP contribution in [-0.2, 0) is 4.79 Å². The van der Waals surface area contributed by atoms with Gasteiger partial charge in [0, 0.05) is 0 Å². The number of benzene rings is 2. The third-order valence-corrected chi connectivity index (χ3v) is 4.67. The zero-order chi connectivity index (χ0) is 20.4. The summed E-state index contributed by atoms with van der Waals surface area (Å²) in [4.78, 5) is 24.0. The molecule has 3 rings (SSSR count). The maximum Gasteiger partial charge on any atom is 0.335 e. The summed E-state index contributed by atoms with van der Waals surface area (Å²) in [5, 5.41) is 24.6. The van der Waals surface area contributed by atoms with Crippen molar-refractivity contribution in [2.45, 2.75) is 13.8 Å². The minimum atomic E-state index is -1.08. The van der Waals surface area contributed by atoms with Crippen LogP contribution >= 0.6 is 15.9 Å². The van der Waals surface area contributed by atoms with E-state index in [-0.39, 0.29) is 17.2 Å². The maximum atomic E-state index is 12.9. The van der Waals surface area contributed by atoms with E-state index in [2.05, 4.69) is 21.0 Å². The molecular formula is C20H17BrN2O5. The van der Waals surface area contributed by atoms with Gasteiger partial charge in [0.2, 0.25) is 0 Å². The van der Waals surface area contributed by atoms with Gasteiger partial charge in [0.1, 0.15) is 0 Å². The maximum absolute atomic E-state index is 12.9. The topological polar surface area (TPSA) is 99.4 Å². The second-order valence-electron chi connectivity index (χ2n) is 6.00. The Bertz CT molecular complexity index is 1030. The number of phenolic OH excluding ortho intramolecular Hbond substituents is 1. The lowest BCUT2D eigenvalue weighted by molar-refractivity contribution is -0.114. The van der Waals surface area contributed by atoms with E-state index in [1.54, 1.807) is 44.2 Å². The largest absolute Gasteiger partial charge is 0.503 e. The molecule has 2 aromatic carbocycles. The number of phenols is 1. The zero-order valence-electron chi connectivity index (χ0n) is 15.1. The molecule has 0 saturated heterocycles. The summed E-state index contributed by atoms with van der Waals surface area (Å²) in [5.41, 5.74) is 1.94. The Morgan fingerprint density at radius 2 is 2.07 bits per heavy atom. The van der Waals surface area contributed by atoms with Gasteiger partial charge in [0.15, 0.2) is 11.5 Å². The number of nitrogens with zero attached hydrogens (tertiary/aromatic N) is 2. The quantitative estimate of drug-likeness (QED) is 0.677. The molecule has 0 saturated carbocycles. The van der Waals surface area contributed by atoms with Gasteiger partial charge in [-0.2, -0.15) is 10.1 Å². The van der Waals surface area contributed by atoms with Gasteiger partial charge >= 0.3 is 5.97 Å². The van der Waals surface area contributed by atoms with Gasteiger partial charge < -0.3 is 14.9 Å². The molecule has 2 aromatic rings. The molecule has 8 heteroatoms. The first kappa shape index (κ1) is 19.6. The van der Waals surface area contributed by atoms with Crippen LogP contribution in [0.4, 0.5) is 5.69 Å². The van der Waals surface area contributed by atoms with Crippen LogP contribution in [0.15, 0.2) is 51.5 Å². The molecule has 0 aromatic heterocycles. The number of carbonyl (C=O) groups is 2. The molecule has 0 atom stereocenters. The number of hydrogen-bond acceptors (Lipinski definition) is 5. The van der Waals surface area contributed by atoms with Gasteiger partial charge in [0.05, 0.1) is 33.6 Å². The lowest BCUT2D eigenvalue weighted by Gasteiger charge is -2.12. The Morgan fingerprint density at radius 1 is 1.32 bits per heavy atom. The Morgan fingerprint density at radius 3 is 2.75 bits per heavy atom. The first-order chi connectivity index (χ1) is 13.3. The molecule has 0 spiro atoms. The molecular weight excluding hydrogens is 428 g/mol. The molecule has 28 heavy (non-hydrogen) atoms. The molecule has 0 bridgehead atoms. The van der Waals surface area contributed by atoms with Crippen molar-refractivity contribution in [1.82, 2.24) is 0 Å². The number of amides is 1. The van der Waals surface area contributed by atoms with Crippen LogP contribution in [-0.4, -0.2) is 34.4 Å². The van der Waals surface area contributed by atoms with Gasteiger partial charge in [-0.25, -0.2) is 4.79 Å². The van der Waals surface area contributed by atoms with E-state index in [1.165, 1.54) is 17.1 Å². The van der Waals surface area contributed by atoms with Crippen molar-refractivity contribution in [2.24, 2.45) is 5.10 Å². The fourth-order valence-corrected chi connectivity index (χ4v) is 3.20. The number of rotatable bonds is 5. The van der Waals surface area contributed by atoms with E-state index >= 15 is 0 Å². The number of hydrogen-bond donors (Lipinski definition) is 2. The first-order valence-electron chi connectivity index (χ1n) is 8.42. The number of carboxylic acids is 1. The number of hydrazone groups is 1. The van der Waals surface area contributed by atoms with Crippen molar-refractivity contribution in [3.8, 4) is 11.5 Å². The summed E-state index contributed by atoms with van der Waals surface area (Å²) in [7, 11) is 0. The van der Waals surface area contributed by atoms with Crippen molar-refractivity contribution < 1.29 is 24.5 Å². The molecule has 0 radical (unpaired) electrons. The van der Waals surface area contributed by atoms with Crippen LogP contribution in [0, 0.1) is 0 Å². The second-order valence-corrected chi connectivity index (χ2v) is 6.85. The number of aromatic hydroxyl groups is 1. The molecule has 1 aliphatic heterocycles. The van der Waals surface area contributed by atoms with Crippen LogP contribution in [0.5, 0.6) is 11.5 Å². The average Bonchev–Trinajstić information content (AvgIpc) is 2.94. The predicted molar refractivity (Wildman–Crippen MR) is 109 cm³/mol. The van der Waals surface area contributed by atoms with Crippen molar-refractivity contribution in [3.05, 3.63) is 57.6 Å². The predicted octanol–water partition coefficient (Wildman–Crippen LogP) is 4.06. The first-order valence-corrected chi connectivity index (χ1v) is 9.21. The Kier molecular flexibility index (Phi) is 5.51. The summed E-state index contributed by atoms with van der Waals surface area (Å²) in [6, 6.07) is 9.32. The number of carbonyl (C=O) groups excluding carboxylic acids is 1. The Balaban J connectivity index is 1.97. The number of aromatic carboxylic acids is 1. The fourth-order valence-electron chi connectivity index (χ4n) is 2.74. The van der Waals surface area contributed by atoms with E-state index in [9.17, 15) is 14.7 Å². The molecule has 0 aliphatic carbocycles. The van der Waals surface area contributed by atoms with Crippen molar-refractivity contribution in [3.63, 3.8) is 0 Å². The number of carboxylic acid groups (broad SMARTS) is 1. The monoisotopic (exact) mass is 444 g/mol. The molecule has 0 fully saturated rings. The number of halogens is 1. The van der Waals surface area contributed by atoms with Crippen LogP contribution in [0.3, 0.4) is 0 Å². The van der Waals surface area contributed by atoms with Crippen molar-refractivity contribution in [1.29, 1.82) is 0 Å². The molecule has 0 unspecified atom stereocenters. The normalized spacial score (nSPS) is 15.1. The van der Waals surface area contributed by atoms with E-state index in [0.717, 1.165) is 0 Å². The summed E-state index contributed by atoms with van der Waals surface area (Å²) in [6.45, 7) is 3.88. The highest BCUT2D eigenvalue weighted by Gasteiger charge is 2.29. The summed E-state index contributed by atoms with van der Waals surface area (Å²) >= 11 is 3.28. The third-order valence-electron chi connectivity index (χ3n) is 4.06.